The third-order valence-electron chi connectivity index (χ3n) is 4.31. The van der Waals surface area contributed by atoms with Gasteiger partial charge in [0.1, 0.15) is 0 Å². The minimum atomic E-state index is -0.446. The van der Waals surface area contributed by atoms with Crippen LogP contribution in [-0.2, 0) is 4.79 Å². The van der Waals surface area contributed by atoms with E-state index in [1.54, 1.807) is 6.20 Å². The van der Waals surface area contributed by atoms with Crippen molar-refractivity contribution in [2.24, 2.45) is 0 Å². The van der Waals surface area contributed by atoms with Crippen LogP contribution in [0, 0.1) is 0 Å². The summed E-state index contributed by atoms with van der Waals surface area (Å²) in [5.41, 5.74) is 0.382. The molecule has 20 heavy (non-hydrogen) atoms. The Bertz CT molecular complexity index is 490. The summed E-state index contributed by atoms with van der Waals surface area (Å²) in [6, 6.07) is 3.82. The van der Waals surface area contributed by atoms with Gasteiger partial charge in [-0.05, 0) is 51.3 Å². The van der Waals surface area contributed by atoms with Crippen LogP contribution in [0.4, 0.5) is 11.5 Å². The molecule has 2 aliphatic rings. The summed E-state index contributed by atoms with van der Waals surface area (Å²) in [5, 5.41) is 6.36. The fourth-order valence-electron chi connectivity index (χ4n) is 3.02. The Balaban J connectivity index is 1.78. The first-order chi connectivity index (χ1) is 9.69. The van der Waals surface area contributed by atoms with Crippen LogP contribution in [-0.4, -0.2) is 36.1 Å². The van der Waals surface area contributed by atoms with Crippen molar-refractivity contribution >= 4 is 17.4 Å². The maximum Gasteiger partial charge on any atom is 0.244 e. The van der Waals surface area contributed by atoms with E-state index < -0.39 is 5.54 Å². The van der Waals surface area contributed by atoms with Gasteiger partial charge in [0.15, 0.2) is 5.82 Å². The van der Waals surface area contributed by atoms with E-state index in [-0.39, 0.29) is 5.91 Å². The predicted octanol–water partition coefficient (Wildman–Crippen LogP) is 1.76. The Morgan fingerprint density at radius 3 is 2.90 bits per heavy atom. The minimum absolute atomic E-state index is 0.0449. The summed E-state index contributed by atoms with van der Waals surface area (Å²) in [6.07, 6.45) is 6.12. The van der Waals surface area contributed by atoms with Gasteiger partial charge in [0.05, 0.1) is 11.2 Å². The maximum atomic E-state index is 12.5. The Morgan fingerprint density at radius 1 is 1.40 bits per heavy atom. The molecule has 0 saturated carbocycles. The van der Waals surface area contributed by atoms with Crippen molar-refractivity contribution < 1.29 is 4.79 Å². The molecule has 2 aliphatic heterocycles. The lowest BCUT2D eigenvalue weighted by molar-refractivity contribution is -0.121. The number of nitrogens with zero attached hydrogens (tertiary/aromatic N) is 2. The van der Waals surface area contributed by atoms with Gasteiger partial charge in [0.25, 0.3) is 0 Å². The molecule has 3 heterocycles. The monoisotopic (exact) mass is 274 g/mol. The number of hydrogen-bond acceptors (Lipinski definition) is 4. The Morgan fingerprint density at radius 2 is 2.20 bits per heavy atom. The lowest BCUT2D eigenvalue weighted by Crippen LogP contribution is -2.48. The summed E-state index contributed by atoms with van der Waals surface area (Å²) in [7, 11) is 0. The number of carbonyl (C=O) groups excluding carboxylic acids is 1. The second-order valence-corrected chi connectivity index (χ2v) is 5.89. The summed E-state index contributed by atoms with van der Waals surface area (Å²) in [6.45, 7) is 4.93. The van der Waals surface area contributed by atoms with Gasteiger partial charge in [-0.25, -0.2) is 4.98 Å². The molecule has 3 rings (SSSR count). The van der Waals surface area contributed by atoms with Crippen molar-refractivity contribution in [2.75, 3.05) is 29.9 Å². The maximum absolute atomic E-state index is 12.5. The van der Waals surface area contributed by atoms with E-state index in [2.05, 4.69) is 20.5 Å². The number of nitrogens with one attached hydrogen (secondary N) is 2. The summed E-state index contributed by atoms with van der Waals surface area (Å²) in [5.74, 6) is 0.948. The fraction of sp³-hybridized carbons (Fsp3) is 0.600. The molecule has 1 unspecified atom stereocenters. The molecule has 0 aliphatic carbocycles. The normalized spacial score (nSPS) is 25.9. The van der Waals surface area contributed by atoms with E-state index in [0.29, 0.717) is 0 Å². The van der Waals surface area contributed by atoms with Gasteiger partial charge in [-0.2, -0.15) is 0 Å². The topological polar surface area (TPSA) is 57.3 Å². The second-order valence-electron chi connectivity index (χ2n) is 5.89. The first-order valence-corrected chi connectivity index (χ1v) is 7.45. The summed E-state index contributed by atoms with van der Waals surface area (Å²) in [4.78, 5) is 19.2. The number of aromatic nitrogens is 1. The fourth-order valence-corrected chi connectivity index (χ4v) is 3.02. The van der Waals surface area contributed by atoms with Crippen LogP contribution >= 0.6 is 0 Å². The first-order valence-electron chi connectivity index (χ1n) is 7.45. The second kappa shape index (κ2) is 5.40. The van der Waals surface area contributed by atoms with Crippen LogP contribution in [0.5, 0.6) is 0 Å². The number of anilines is 2. The van der Waals surface area contributed by atoms with Crippen LogP contribution in [0.3, 0.4) is 0 Å². The zero-order valence-corrected chi connectivity index (χ0v) is 12.0. The highest BCUT2D eigenvalue weighted by Gasteiger charge is 2.36. The summed E-state index contributed by atoms with van der Waals surface area (Å²) < 4.78 is 0. The molecule has 0 bridgehead atoms. The largest absolute Gasteiger partial charge is 0.355 e. The molecule has 2 saturated heterocycles. The molecule has 1 amide bonds. The molecule has 0 spiro atoms. The molecular formula is C15H22N4O. The van der Waals surface area contributed by atoms with Gasteiger partial charge >= 0.3 is 0 Å². The third-order valence-corrected chi connectivity index (χ3v) is 4.31. The van der Waals surface area contributed by atoms with E-state index in [1.165, 1.54) is 12.8 Å². The molecule has 1 atom stereocenters. The smallest absolute Gasteiger partial charge is 0.244 e. The third kappa shape index (κ3) is 2.50. The molecule has 1 aromatic rings. The molecule has 2 N–H and O–H groups in total. The van der Waals surface area contributed by atoms with Crippen LogP contribution in [0.15, 0.2) is 18.3 Å². The van der Waals surface area contributed by atoms with E-state index in [4.69, 9.17) is 0 Å². The van der Waals surface area contributed by atoms with E-state index in [1.807, 2.05) is 19.1 Å². The first kappa shape index (κ1) is 13.4. The average Bonchev–Trinajstić information content (AvgIpc) is 3.11. The number of pyridine rings is 1. The number of rotatable bonds is 3. The van der Waals surface area contributed by atoms with E-state index >= 15 is 0 Å². The van der Waals surface area contributed by atoms with Gasteiger partial charge < -0.3 is 15.5 Å². The van der Waals surface area contributed by atoms with Crippen molar-refractivity contribution in [1.82, 2.24) is 10.3 Å². The molecule has 0 radical (unpaired) electrons. The number of carbonyl (C=O) groups is 1. The van der Waals surface area contributed by atoms with E-state index in [9.17, 15) is 4.79 Å². The van der Waals surface area contributed by atoms with Crippen molar-refractivity contribution in [2.45, 2.75) is 38.1 Å². The van der Waals surface area contributed by atoms with E-state index in [0.717, 1.165) is 44.0 Å². The van der Waals surface area contributed by atoms with Crippen LogP contribution in [0.2, 0.25) is 0 Å². The zero-order chi connectivity index (χ0) is 14.0. The molecular weight excluding hydrogens is 252 g/mol. The Hall–Kier alpha value is -1.62. The Labute approximate surface area is 119 Å². The molecule has 5 heteroatoms. The standard InChI is InChI=1S/C15H22N4O/c1-15(7-5-9-17-15)14(20)18-12-6-4-8-16-13(12)19-10-2-3-11-19/h4,6,8,17H,2-3,5,7,9-11H2,1H3,(H,18,20). The van der Waals surface area contributed by atoms with Crippen LogP contribution in [0.1, 0.15) is 32.6 Å². The quantitative estimate of drug-likeness (QED) is 0.882. The number of hydrogen-bond donors (Lipinski definition) is 2. The Kier molecular flexibility index (Phi) is 3.61. The van der Waals surface area contributed by atoms with Crippen LogP contribution in [0.25, 0.3) is 0 Å². The van der Waals surface area contributed by atoms with Gasteiger partial charge in [0, 0.05) is 19.3 Å². The molecule has 5 nitrogen and oxygen atoms in total. The lowest BCUT2D eigenvalue weighted by Gasteiger charge is -2.25. The van der Waals surface area contributed by atoms with Gasteiger partial charge in [-0.15, -0.1) is 0 Å². The highest BCUT2D eigenvalue weighted by molar-refractivity contribution is 6.00. The van der Waals surface area contributed by atoms with Crippen molar-refractivity contribution in [1.29, 1.82) is 0 Å². The molecule has 0 aromatic carbocycles. The minimum Gasteiger partial charge on any atom is -0.355 e. The van der Waals surface area contributed by atoms with Crippen molar-refractivity contribution in [3.8, 4) is 0 Å². The highest BCUT2D eigenvalue weighted by Crippen LogP contribution is 2.28. The average molecular weight is 274 g/mol. The summed E-state index contributed by atoms with van der Waals surface area (Å²) >= 11 is 0. The molecule has 2 fully saturated rings. The zero-order valence-electron chi connectivity index (χ0n) is 12.0. The predicted molar refractivity (Wildman–Crippen MR) is 80.0 cm³/mol. The molecule has 108 valence electrons. The van der Waals surface area contributed by atoms with Crippen molar-refractivity contribution in [3.05, 3.63) is 18.3 Å². The van der Waals surface area contributed by atoms with Crippen molar-refractivity contribution in [3.63, 3.8) is 0 Å². The van der Waals surface area contributed by atoms with Gasteiger partial charge in [-0.3, -0.25) is 4.79 Å². The van der Waals surface area contributed by atoms with Gasteiger partial charge in [0.2, 0.25) is 5.91 Å². The highest BCUT2D eigenvalue weighted by atomic mass is 16.2. The lowest BCUT2D eigenvalue weighted by atomic mass is 9.99. The van der Waals surface area contributed by atoms with Crippen LogP contribution < -0.4 is 15.5 Å². The van der Waals surface area contributed by atoms with Gasteiger partial charge in [-0.1, -0.05) is 0 Å². The SMILES string of the molecule is CC1(C(=O)Nc2cccnc2N2CCCC2)CCCN1. The number of amides is 1. The molecule has 1 aromatic heterocycles.